The van der Waals surface area contributed by atoms with E-state index in [2.05, 4.69) is 16.0 Å². The highest BCUT2D eigenvalue weighted by atomic mass is 16.5. The number of hydrogen-bond acceptors (Lipinski definition) is 5. The molecule has 1 atom stereocenters. The third-order valence-electron chi connectivity index (χ3n) is 4.07. The van der Waals surface area contributed by atoms with Gasteiger partial charge in [-0.05, 0) is 54.8 Å². The van der Waals surface area contributed by atoms with Gasteiger partial charge < -0.3 is 9.84 Å². The number of nitriles is 1. The number of hydrogen-bond donors (Lipinski definition) is 1. The van der Waals surface area contributed by atoms with Crippen LogP contribution in [0.2, 0.25) is 0 Å². The molecule has 0 spiro atoms. The van der Waals surface area contributed by atoms with Crippen LogP contribution in [-0.2, 0) is 6.54 Å². The van der Waals surface area contributed by atoms with Gasteiger partial charge in [-0.2, -0.15) is 5.26 Å². The van der Waals surface area contributed by atoms with Crippen LogP contribution in [0.15, 0.2) is 48.8 Å². The van der Waals surface area contributed by atoms with Gasteiger partial charge in [0, 0.05) is 31.5 Å². The highest BCUT2D eigenvalue weighted by Gasteiger charge is 2.30. The van der Waals surface area contributed by atoms with Crippen LogP contribution in [0.25, 0.3) is 0 Å². The lowest BCUT2D eigenvalue weighted by Crippen LogP contribution is -2.36. The van der Waals surface area contributed by atoms with Crippen molar-refractivity contribution in [3.63, 3.8) is 0 Å². The second-order valence-electron chi connectivity index (χ2n) is 6.12. The summed E-state index contributed by atoms with van der Waals surface area (Å²) < 4.78 is 5.62. The lowest BCUT2D eigenvalue weighted by molar-refractivity contribution is 0.0626. The second kappa shape index (κ2) is 7.91. The highest BCUT2D eigenvalue weighted by Crippen LogP contribution is 2.28. The molecule has 1 fully saturated rings. The number of rotatable bonds is 8. The van der Waals surface area contributed by atoms with Crippen LogP contribution in [0.4, 0.5) is 0 Å². The molecule has 5 nitrogen and oxygen atoms in total. The van der Waals surface area contributed by atoms with Crippen LogP contribution in [0, 0.1) is 11.3 Å². The molecule has 24 heavy (non-hydrogen) atoms. The van der Waals surface area contributed by atoms with Crippen LogP contribution in [0.3, 0.4) is 0 Å². The largest absolute Gasteiger partial charge is 0.491 e. The van der Waals surface area contributed by atoms with E-state index in [1.54, 1.807) is 36.7 Å². The summed E-state index contributed by atoms with van der Waals surface area (Å²) in [7, 11) is 0. The van der Waals surface area contributed by atoms with Gasteiger partial charge >= 0.3 is 0 Å². The fourth-order valence-electron chi connectivity index (χ4n) is 2.65. The van der Waals surface area contributed by atoms with Crippen molar-refractivity contribution in [1.82, 2.24) is 9.88 Å². The number of nitrogens with zero attached hydrogens (tertiary/aromatic N) is 3. The minimum absolute atomic E-state index is 0.242. The second-order valence-corrected chi connectivity index (χ2v) is 6.12. The third-order valence-corrected chi connectivity index (χ3v) is 4.07. The Hall–Kier alpha value is -2.42. The summed E-state index contributed by atoms with van der Waals surface area (Å²) in [5.41, 5.74) is 1.80. The third kappa shape index (κ3) is 4.79. The van der Waals surface area contributed by atoms with Gasteiger partial charge in [-0.1, -0.05) is 0 Å². The molecule has 1 unspecified atom stereocenters. The van der Waals surface area contributed by atoms with Crippen LogP contribution in [-0.4, -0.2) is 40.3 Å². The Labute approximate surface area is 142 Å². The van der Waals surface area contributed by atoms with E-state index in [1.165, 1.54) is 18.4 Å². The van der Waals surface area contributed by atoms with Crippen molar-refractivity contribution in [1.29, 1.82) is 5.26 Å². The van der Waals surface area contributed by atoms with E-state index < -0.39 is 6.10 Å². The molecule has 5 heteroatoms. The summed E-state index contributed by atoms with van der Waals surface area (Å²) >= 11 is 0. The highest BCUT2D eigenvalue weighted by molar-refractivity contribution is 5.34. The van der Waals surface area contributed by atoms with E-state index in [0.717, 1.165) is 6.54 Å². The van der Waals surface area contributed by atoms with Crippen LogP contribution in [0.5, 0.6) is 5.75 Å². The Bertz CT molecular complexity index is 678. The fraction of sp³-hybridized carbons (Fsp3) is 0.368. The van der Waals surface area contributed by atoms with Gasteiger partial charge in [0.2, 0.25) is 0 Å². The zero-order valence-electron chi connectivity index (χ0n) is 13.5. The monoisotopic (exact) mass is 323 g/mol. The maximum Gasteiger partial charge on any atom is 0.119 e. The van der Waals surface area contributed by atoms with E-state index >= 15 is 0 Å². The number of pyridine rings is 1. The predicted octanol–water partition coefficient (Wildman–Crippen LogP) is 2.36. The van der Waals surface area contributed by atoms with Gasteiger partial charge in [-0.15, -0.1) is 0 Å². The summed E-state index contributed by atoms with van der Waals surface area (Å²) in [6, 6.07) is 13.6. The van der Waals surface area contributed by atoms with Gasteiger partial charge in [0.25, 0.3) is 0 Å². The van der Waals surface area contributed by atoms with Crippen molar-refractivity contribution in [2.45, 2.75) is 31.5 Å². The van der Waals surface area contributed by atoms with Gasteiger partial charge in [-0.25, -0.2) is 0 Å². The molecule has 2 aromatic rings. The van der Waals surface area contributed by atoms with E-state index in [9.17, 15) is 5.11 Å². The Balaban J connectivity index is 1.50. The van der Waals surface area contributed by atoms with E-state index in [4.69, 9.17) is 10.00 Å². The standard InChI is InChI=1S/C19H21N3O2/c20-11-15-1-5-19(6-2-15)24-14-18(23)13-22(17-3-4-17)12-16-7-9-21-10-8-16/h1-2,5-10,17-18,23H,3-4,12-14H2. The lowest BCUT2D eigenvalue weighted by atomic mass is 10.2. The molecule has 1 aromatic heterocycles. The first-order valence-corrected chi connectivity index (χ1v) is 8.18. The average Bonchev–Trinajstić information content (AvgIpc) is 3.46. The number of aliphatic hydroxyl groups excluding tert-OH is 1. The first-order chi connectivity index (χ1) is 11.7. The topological polar surface area (TPSA) is 69.4 Å². The molecular formula is C19H21N3O2. The zero-order chi connectivity index (χ0) is 16.8. The fourth-order valence-corrected chi connectivity index (χ4v) is 2.65. The van der Waals surface area contributed by atoms with Crippen LogP contribution >= 0.6 is 0 Å². The molecule has 1 aliphatic carbocycles. The SMILES string of the molecule is N#Cc1ccc(OCC(O)CN(Cc2ccncc2)C2CC2)cc1. The number of aromatic nitrogens is 1. The zero-order valence-corrected chi connectivity index (χ0v) is 13.5. The molecule has 1 N–H and O–H groups in total. The first kappa shape index (κ1) is 16.4. The van der Waals surface area contributed by atoms with Gasteiger partial charge in [0.05, 0.1) is 11.6 Å². The number of ether oxygens (including phenoxy) is 1. The molecule has 0 amide bonds. The predicted molar refractivity (Wildman–Crippen MR) is 90.3 cm³/mol. The summed E-state index contributed by atoms with van der Waals surface area (Å²) in [4.78, 5) is 6.35. The van der Waals surface area contributed by atoms with Crippen molar-refractivity contribution in [2.24, 2.45) is 0 Å². The number of benzene rings is 1. The molecule has 0 saturated heterocycles. The Kier molecular flexibility index (Phi) is 5.42. The molecular weight excluding hydrogens is 302 g/mol. The maximum atomic E-state index is 10.3. The van der Waals surface area contributed by atoms with Gasteiger partial charge in [0.15, 0.2) is 0 Å². The quantitative estimate of drug-likeness (QED) is 0.807. The maximum absolute atomic E-state index is 10.3. The summed E-state index contributed by atoms with van der Waals surface area (Å²) in [5, 5.41) is 19.1. The first-order valence-electron chi connectivity index (χ1n) is 8.18. The molecule has 3 rings (SSSR count). The minimum atomic E-state index is -0.553. The Morgan fingerprint density at radius 3 is 2.54 bits per heavy atom. The van der Waals surface area contributed by atoms with Gasteiger partial charge in [-0.3, -0.25) is 9.88 Å². The molecule has 124 valence electrons. The lowest BCUT2D eigenvalue weighted by Gasteiger charge is -2.25. The van der Waals surface area contributed by atoms with Crippen molar-refractivity contribution in [2.75, 3.05) is 13.2 Å². The van der Waals surface area contributed by atoms with Crippen LogP contribution in [0.1, 0.15) is 24.0 Å². The summed E-state index contributed by atoms with van der Waals surface area (Å²) in [6.45, 7) is 1.65. The van der Waals surface area contributed by atoms with Crippen molar-refractivity contribution < 1.29 is 9.84 Å². The normalized spacial score (nSPS) is 15.0. The molecule has 1 aliphatic rings. The molecule has 1 aromatic carbocycles. The summed E-state index contributed by atoms with van der Waals surface area (Å²) in [5.74, 6) is 0.667. The average molecular weight is 323 g/mol. The molecule has 0 aliphatic heterocycles. The molecule has 1 saturated carbocycles. The number of aliphatic hydroxyl groups is 1. The molecule has 1 heterocycles. The molecule has 0 radical (unpaired) electrons. The van der Waals surface area contributed by atoms with E-state index in [-0.39, 0.29) is 6.61 Å². The minimum Gasteiger partial charge on any atom is -0.491 e. The summed E-state index contributed by atoms with van der Waals surface area (Å²) in [6.07, 6.45) is 5.42. The van der Waals surface area contributed by atoms with E-state index in [1.807, 2.05) is 12.1 Å². The van der Waals surface area contributed by atoms with Crippen molar-refractivity contribution >= 4 is 0 Å². The van der Waals surface area contributed by atoms with Crippen molar-refractivity contribution in [3.8, 4) is 11.8 Å². The Morgan fingerprint density at radius 2 is 1.92 bits per heavy atom. The van der Waals surface area contributed by atoms with Crippen LogP contribution < -0.4 is 4.74 Å². The smallest absolute Gasteiger partial charge is 0.119 e. The Morgan fingerprint density at radius 1 is 1.21 bits per heavy atom. The van der Waals surface area contributed by atoms with E-state index in [0.29, 0.717) is 23.9 Å². The van der Waals surface area contributed by atoms with Gasteiger partial charge in [0.1, 0.15) is 18.5 Å². The molecule has 0 bridgehead atoms. The van der Waals surface area contributed by atoms with Crippen molar-refractivity contribution in [3.05, 3.63) is 59.9 Å².